The van der Waals surface area contributed by atoms with Crippen LogP contribution < -0.4 is 11.1 Å². The van der Waals surface area contributed by atoms with E-state index in [-0.39, 0.29) is 0 Å². The van der Waals surface area contributed by atoms with Crippen molar-refractivity contribution in [1.82, 2.24) is 4.98 Å². The summed E-state index contributed by atoms with van der Waals surface area (Å²) in [7, 11) is 0. The fraction of sp³-hybridized carbons (Fsp3) is 0.286. The number of anilines is 2. The predicted molar refractivity (Wildman–Crippen MR) is 40.8 cm³/mol. The first-order valence-corrected chi connectivity index (χ1v) is 3.34. The Morgan fingerprint density at radius 3 is 3.40 bits per heavy atom. The van der Waals surface area contributed by atoms with E-state index in [1.54, 1.807) is 6.20 Å². The molecule has 0 unspecified atom stereocenters. The molecule has 0 saturated heterocycles. The van der Waals surface area contributed by atoms with Gasteiger partial charge in [-0.2, -0.15) is 0 Å². The van der Waals surface area contributed by atoms with E-state index in [4.69, 9.17) is 5.73 Å². The van der Waals surface area contributed by atoms with Gasteiger partial charge in [0.25, 0.3) is 0 Å². The van der Waals surface area contributed by atoms with Crippen LogP contribution in [0.4, 0.5) is 11.5 Å². The summed E-state index contributed by atoms with van der Waals surface area (Å²) in [5.41, 5.74) is 7.53. The van der Waals surface area contributed by atoms with Gasteiger partial charge in [0, 0.05) is 6.54 Å². The molecule has 0 amide bonds. The molecule has 0 aromatic carbocycles. The lowest BCUT2D eigenvalue weighted by Gasteiger charge is -1.97. The molecule has 0 saturated carbocycles. The number of nitrogen functional groups attached to an aromatic ring is 1. The van der Waals surface area contributed by atoms with E-state index in [9.17, 15) is 0 Å². The maximum atomic E-state index is 5.54. The third-order valence-electron chi connectivity index (χ3n) is 1.67. The number of nitrogens with zero attached hydrogens (tertiary/aromatic N) is 1. The van der Waals surface area contributed by atoms with Gasteiger partial charge in [-0.3, -0.25) is 0 Å². The highest BCUT2D eigenvalue weighted by atomic mass is 15.0. The number of nitrogens with one attached hydrogen (secondary N) is 1. The molecule has 1 aromatic heterocycles. The van der Waals surface area contributed by atoms with Crippen molar-refractivity contribution in [3.63, 3.8) is 0 Å². The first-order chi connectivity index (χ1) is 4.86. The van der Waals surface area contributed by atoms with Crippen molar-refractivity contribution >= 4 is 11.5 Å². The average molecular weight is 135 g/mol. The Morgan fingerprint density at radius 2 is 2.50 bits per heavy atom. The van der Waals surface area contributed by atoms with Crippen LogP contribution in [0.25, 0.3) is 0 Å². The van der Waals surface area contributed by atoms with Gasteiger partial charge in [-0.05, 0) is 18.1 Å². The Bertz CT molecular complexity index is 257. The zero-order valence-corrected chi connectivity index (χ0v) is 5.59. The zero-order valence-electron chi connectivity index (χ0n) is 5.59. The molecule has 1 aliphatic rings. The number of hydrogen-bond donors (Lipinski definition) is 2. The molecule has 1 aromatic rings. The van der Waals surface area contributed by atoms with Gasteiger partial charge in [-0.25, -0.2) is 4.98 Å². The molecule has 0 atom stereocenters. The Morgan fingerprint density at radius 1 is 1.60 bits per heavy atom. The summed E-state index contributed by atoms with van der Waals surface area (Å²) in [6.07, 6.45) is 2.73. The Balaban J connectivity index is 2.52. The molecule has 52 valence electrons. The van der Waals surface area contributed by atoms with Gasteiger partial charge in [-0.15, -0.1) is 0 Å². The molecule has 2 rings (SSSR count). The summed E-state index contributed by atoms with van der Waals surface area (Å²) in [4.78, 5) is 4.12. The zero-order chi connectivity index (χ0) is 6.97. The van der Waals surface area contributed by atoms with E-state index < -0.39 is 0 Å². The van der Waals surface area contributed by atoms with Crippen LogP contribution in [0.1, 0.15) is 5.56 Å². The largest absolute Gasteiger partial charge is 0.397 e. The lowest BCUT2D eigenvalue weighted by Crippen LogP contribution is -1.93. The van der Waals surface area contributed by atoms with Crippen LogP contribution in [0, 0.1) is 0 Å². The van der Waals surface area contributed by atoms with Crippen molar-refractivity contribution in [2.24, 2.45) is 0 Å². The van der Waals surface area contributed by atoms with Crippen molar-refractivity contribution in [3.8, 4) is 0 Å². The fourth-order valence-electron chi connectivity index (χ4n) is 1.19. The summed E-state index contributed by atoms with van der Waals surface area (Å²) in [5, 5.41) is 3.16. The van der Waals surface area contributed by atoms with E-state index in [1.807, 2.05) is 6.07 Å². The van der Waals surface area contributed by atoms with Crippen molar-refractivity contribution in [2.45, 2.75) is 6.42 Å². The van der Waals surface area contributed by atoms with Crippen LogP contribution in [0.15, 0.2) is 12.3 Å². The van der Waals surface area contributed by atoms with Crippen LogP contribution in [0.5, 0.6) is 0 Å². The van der Waals surface area contributed by atoms with Gasteiger partial charge in [0.2, 0.25) is 0 Å². The quantitative estimate of drug-likeness (QED) is 0.548. The van der Waals surface area contributed by atoms with E-state index in [2.05, 4.69) is 10.3 Å². The number of nitrogens with two attached hydrogens (primary N) is 1. The lowest BCUT2D eigenvalue weighted by molar-refractivity contribution is 1.11. The Labute approximate surface area is 59.3 Å². The fourth-order valence-corrected chi connectivity index (χ4v) is 1.19. The van der Waals surface area contributed by atoms with Crippen molar-refractivity contribution in [2.75, 3.05) is 17.6 Å². The minimum absolute atomic E-state index is 0.752. The molecular formula is C7H9N3. The van der Waals surface area contributed by atoms with Crippen LogP contribution in [0.3, 0.4) is 0 Å². The van der Waals surface area contributed by atoms with E-state index >= 15 is 0 Å². The minimum atomic E-state index is 0.752. The monoisotopic (exact) mass is 135 g/mol. The molecule has 0 radical (unpaired) electrons. The molecule has 3 nitrogen and oxygen atoms in total. The smallest absolute Gasteiger partial charge is 0.129 e. The molecular weight excluding hydrogens is 126 g/mol. The number of hydrogen-bond acceptors (Lipinski definition) is 3. The van der Waals surface area contributed by atoms with Gasteiger partial charge in [0.1, 0.15) is 5.82 Å². The summed E-state index contributed by atoms with van der Waals surface area (Å²) in [6.45, 7) is 0.992. The first kappa shape index (κ1) is 5.53. The van der Waals surface area contributed by atoms with E-state index in [1.165, 1.54) is 5.56 Å². The van der Waals surface area contributed by atoms with Crippen molar-refractivity contribution in [1.29, 1.82) is 0 Å². The summed E-state index contributed by atoms with van der Waals surface area (Å²) in [6, 6.07) is 1.97. The van der Waals surface area contributed by atoms with Crippen molar-refractivity contribution in [3.05, 3.63) is 17.8 Å². The molecule has 0 bridgehead atoms. The Kier molecular flexibility index (Phi) is 1.03. The van der Waals surface area contributed by atoms with Gasteiger partial charge in [0.05, 0.1) is 11.9 Å². The molecule has 10 heavy (non-hydrogen) atoms. The highest BCUT2D eigenvalue weighted by molar-refractivity contribution is 5.54. The lowest BCUT2D eigenvalue weighted by atomic mass is 10.2. The van der Waals surface area contributed by atoms with Gasteiger partial charge < -0.3 is 11.1 Å². The summed E-state index contributed by atoms with van der Waals surface area (Å²) < 4.78 is 0. The third-order valence-corrected chi connectivity index (χ3v) is 1.67. The topological polar surface area (TPSA) is 50.9 Å². The Hall–Kier alpha value is -1.25. The first-order valence-electron chi connectivity index (χ1n) is 3.34. The second kappa shape index (κ2) is 1.87. The van der Waals surface area contributed by atoms with E-state index in [0.717, 1.165) is 24.5 Å². The molecule has 3 N–H and O–H groups in total. The van der Waals surface area contributed by atoms with Crippen LogP contribution >= 0.6 is 0 Å². The molecule has 0 fully saturated rings. The molecule has 2 heterocycles. The average Bonchev–Trinajstić information content (AvgIpc) is 2.33. The second-order valence-corrected chi connectivity index (χ2v) is 2.45. The van der Waals surface area contributed by atoms with Crippen LogP contribution in [-0.4, -0.2) is 11.5 Å². The number of pyridine rings is 1. The second-order valence-electron chi connectivity index (χ2n) is 2.45. The number of fused-ring (bicyclic) bond motifs is 1. The molecule has 3 heteroatoms. The summed E-state index contributed by atoms with van der Waals surface area (Å²) >= 11 is 0. The maximum absolute atomic E-state index is 5.54. The predicted octanol–water partition coefficient (Wildman–Crippen LogP) is 0.632. The molecule has 0 spiro atoms. The van der Waals surface area contributed by atoms with E-state index in [0.29, 0.717) is 0 Å². The number of aromatic nitrogens is 1. The van der Waals surface area contributed by atoms with Gasteiger partial charge >= 0.3 is 0 Å². The standard InChI is InChI=1S/C7H9N3/c8-6-3-5-1-2-9-7(5)10-4-6/h3-4H,1-2,8H2,(H,9,10). The SMILES string of the molecule is Nc1cnc2c(c1)CCN2. The molecule has 1 aliphatic heterocycles. The minimum Gasteiger partial charge on any atom is -0.397 e. The van der Waals surface area contributed by atoms with Crippen LogP contribution in [-0.2, 0) is 6.42 Å². The number of rotatable bonds is 0. The maximum Gasteiger partial charge on any atom is 0.129 e. The normalized spacial score (nSPS) is 14.4. The third kappa shape index (κ3) is 0.708. The highest BCUT2D eigenvalue weighted by Crippen LogP contribution is 2.20. The van der Waals surface area contributed by atoms with Gasteiger partial charge in [-0.1, -0.05) is 0 Å². The summed E-state index contributed by atoms with van der Waals surface area (Å²) in [5.74, 6) is 0.995. The van der Waals surface area contributed by atoms with Crippen LogP contribution in [0.2, 0.25) is 0 Å². The molecule has 0 aliphatic carbocycles. The highest BCUT2D eigenvalue weighted by Gasteiger charge is 2.09. The van der Waals surface area contributed by atoms with Gasteiger partial charge in [0.15, 0.2) is 0 Å². The van der Waals surface area contributed by atoms with Crippen molar-refractivity contribution < 1.29 is 0 Å².